The van der Waals surface area contributed by atoms with Crippen molar-refractivity contribution in [1.29, 1.82) is 5.26 Å². The average Bonchev–Trinajstić information content (AvgIpc) is 2.53. The van der Waals surface area contributed by atoms with E-state index in [1.165, 1.54) is 6.33 Å². The molecular weight excluding hydrogens is 266 g/mol. The second kappa shape index (κ2) is 6.62. The molecule has 0 spiro atoms. The smallest absolute Gasteiger partial charge is 0.313 e. The van der Waals surface area contributed by atoms with Crippen LogP contribution in [0.3, 0.4) is 0 Å². The Morgan fingerprint density at radius 1 is 1.38 bits per heavy atom. The van der Waals surface area contributed by atoms with Gasteiger partial charge in [0.1, 0.15) is 12.9 Å². The predicted molar refractivity (Wildman–Crippen MR) is 76.1 cm³/mol. The third-order valence-corrected chi connectivity index (χ3v) is 3.28. The zero-order valence-electron chi connectivity index (χ0n) is 11.9. The van der Waals surface area contributed by atoms with Crippen molar-refractivity contribution >= 4 is 5.97 Å². The van der Waals surface area contributed by atoms with Gasteiger partial charge in [0.15, 0.2) is 0 Å². The van der Waals surface area contributed by atoms with E-state index in [4.69, 9.17) is 10.00 Å². The molecule has 0 saturated heterocycles. The van der Waals surface area contributed by atoms with E-state index in [0.29, 0.717) is 5.56 Å². The lowest BCUT2D eigenvalue weighted by Crippen LogP contribution is -2.13. The van der Waals surface area contributed by atoms with Gasteiger partial charge < -0.3 is 4.74 Å². The van der Waals surface area contributed by atoms with Gasteiger partial charge in [-0.05, 0) is 31.5 Å². The highest BCUT2D eigenvalue weighted by Crippen LogP contribution is 2.18. The van der Waals surface area contributed by atoms with Gasteiger partial charge in [0.05, 0.1) is 17.6 Å². The molecule has 2 rings (SSSR count). The van der Waals surface area contributed by atoms with Gasteiger partial charge in [-0.25, -0.2) is 9.97 Å². The summed E-state index contributed by atoms with van der Waals surface area (Å²) >= 11 is 0. The van der Waals surface area contributed by atoms with E-state index in [1.807, 2.05) is 13.0 Å². The lowest BCUT2D eigenvalue weighted by Gasteiger charge is -2.12. The third kappa shape index (κ3) is 3.63. The summed E-state index contributed by atoms with van der Waals surface area (Å²) in [6.07, 6.45) is 3.10. The maximum Gasteiger partial charge on any atom is 0.313 e. The lowest BCUT2D eigenvalue weighted by atomic mass is 10.0. The molecule has 0 fully saturated rings. The minimum absolute atomic E-state index is 0.159. The van der Waals surface area contributed by atoms with Crippen LogP contribution in [0.15, 0.2) is 36.8 Å². The predicted octanol–water partition coefficient (Wildman–Crippen LogP) is 2.50. The molecule has 1 unspecified atom stereocenters. The highest BCUT2D eigenvalue weighted by molar-refractivity contribution is 5.77. The van der Waals surface area contributed by atoms with E-state index in [0.717, 1.165) is 16.8 Å². The molecule has 0 bridgehead atoms. The molecule has 2 aromatic rings. The minimum atomic E-state index is -0.386. The standard InChI is InChI=1S/C16H15N3O2/c1-11(14-5-3-13(7-17)4-6-14)16(20)21-9-15-8-18-10-19-12(15)2/h3-6,8,10-11H,9H2,1-2H3. The summed E-state index contributed by atoms with van der Waals surface area (Å²) < 4.78 is 5.30. The highest BCUT2D eigenvalue weighted by atomic mass is 16.5. The van der Waals surface area contributed by atoms with E-state index >= 15 is 0 Å². The number of aryl methyl sites for hydroxylation is 1. The van der Waals surface area contributed by atoms with Crippen molar-refractivity contribution in [2.45, 2.75) is 26.4 Å². The third-order valence-electron chi connectivity index (χ3n) is 3.28. The Bertz CT molecular complexity index is 675. The van der Waals surface area contributed by atoms with Crippen LogP contribution in [0.5, 0.6) is 0 Å². The van der Waals surface area contributed by atoms with Crippen LogP contribution in [0.2, 0.25) is 0 Å². The second-order valence-electron chi connectivity index (χ2n) is 4.70. The molecule has 0 aliphatic rings. The number of hydrogen-bond donors (Lipinski definition) is 0. The van der Waals surface area contributed by atoms with Crippen molar-refractivity contribution in [2.24, 2.45) is 0 Å². The van der Waals surface area contributed by atoms with Gasteiger partial charge in [0, 0.05) is 17.5 Å². The Morgan fingerprint density at radius 3 is 2.71 bits per heavy atom. The van der Waals surface area contributed by atoms with Crippen LogP contribution in [0, 0.1) is 18.3 Å². The van der Waals surface area contributed by atoms with E-state index in [1.54, 1.807) is 37.4 Å². The molecule has 5 heteroatoms. The summed E-state index contributed by atoms with van der Waals surface area (Å²) in [6.45, 7) is 3.78. The molecule has 0 N–H and O–H groups in total. The summed E-state index contributed by atoms with van der Waals surface area (Å²) in [5, 5.41) is 8.76. The van der Waals surface area contributed by atoms with Crippen LogP contribution < -0.4 is 0 Å². The fraction of sp³-hybridized carbons (Fsp3) is 0.250. The minimum Gasteiger partial charge on any atom is -0.460 e. The van der Waals surface area contributed by atoms with Crippen LogP contribution in [-0.4, -0.2) is 15.9 Å². The number of aromatic nitrogens is 2. The largest absolute Gasteiger partial charge is 0.460 e. The number of hydrogen-bond acceptors (Lipinski definition) is 5. The average molecular weight is 281 g/mol. The quantitative estimate of drug-likeness (QED) is 0.805. The van der Waals surface area contributed by atoms with Crippen LogP contribution in [0.1, 0.15) is 35.2 Å². The number of esters is 1. The molecule has 106 valence electrons. The summed E-state index contributed by atoms with van der Waals surface area (Å²) in [7, 11) is 0. The van der Waals surface area contributed by atoms with Gasteiger partial charge in [-0.3, -0.25) is 4.79 Å². The zero-order valence-corrected chi connectivity index (χ0v) is 11.9. The number of benzene rings is 1. The van der Waals surface area contributed by atoms with E-state index < -0.39 is 0 Å². The normalized spacial score (nSPS) is 11.5. The maximum atomic E-state index is 12.1. The first-order chi connectivity index (χ1) is 10.1. The highest BCUT2D eigenvalue weighted by Gasteiger charge is 2.17. The first-order valence-electron chi connectivity index (χ1n) is 6.54. The number of carbonyl (C=O) groups excluding carboxylic acids is 1. The Labute approximate surface area is 123 Å². The number of carbonyl (C=O) groups is 1. The van der Waals surface area contributed by atoms with Crippen molar-refractivity contribution in [3.63, 3.8) is 0 Å². The van der Waals surface area contributed by atoms with E-state index in [9.17, 15) is 4.79 Å². The molecule has 1 atom stereocenters. The van der Waals surface area contributed by atoms with Gasteiger partial charge in [-0.2, -0.15) is 5.26 Å². The van der Waals surface area contributed by atoms with Crippen LogP contribution in [0.4, 0.5) is 0 Å². The number of rotatable bonds is 4. The van der Waals surface area contributed by atoms with Gasteiger partial charge in [-0.1, -0.05) is 12.1 Å². The van der Waals surface area contributed by atoms with Gasteiger partial charge in [-0.15, -0.1) is 0 Å². The van der Waals surface area contributed by atoms with Gasteiger partial charge in [0.2, 0.25) is 0 Å². The molecule has 0 radical (unpaired) electrons. The Hall–Kier alpha value is -2.74. The van der Waals surface area contributed by atoms with Gasteiger partial charge in [0.25, 0.3) is 0 Å². The fourth-order valence-corrected chi connectivity index (χ4v) is 1.82. The van der Waals surface area contributed by atoms with Crippen LogP contribution in [-0.2, 0) is 16.1 Å². The molecule has 0 aliphatic heterocycles. The molecule has 1 aromatic carbocycles. The fourth-order valence-electron chi connectivity index (χ4n) is 1.82. The lowest BCUT2D eigenvalue weighted by molar-refractivity contribution is -0.146. The SMILES string of the molecule is Cc1ncncc1COC(=O)C(C)c1ccc(C#N)cc1. The molecule has 1 aromatic heterocycles. The number of nitriles is 1. The molecule has 21 heavy (non-hydrogen) atoms. The van der Waals surface area contributed by atoms with Crippen molar-refractivity contribution in [3.05, 3.63) is 59.2 Å². The van der Waals surface area contributed by atoms with Crippen LogP contribution in [0.25, 0.3) is 0 Å². The topological polar surface area (TPSA) is 75.9 Å². The van der Waals surface area contributed by atoms with Gasteiger partial charge >= 0.3 is 5.97 Å². The molecule has 0 aliphatic carbocycles. The van der Waals surface area contributed by atoms with Crippen molar-refractivity contribution in [1.82, 2.24) is 9.97 Å². The molecular formula is C16H15N3O2. The summed E-state index contributed by atoms with van der Waals surface area (Å²) in [5.74, 6) is -0.703. The maximum absolute atomic E-state index is 12.1. The Kier molecular flexibility index (Phi) is 4.62. The van der Waals surface area contributed by atoms with Crippen molar-refractivity contribution in [2.75, 3.05) is 0 Å². The molecule has 0 saturated carbocycles. The first kappa shape index (κ1) is 14.7. The van der Waals surface area contributed by atoms with Crippen LogP contribution >= 0.6 is 0 Å². The monoisotopic (exact) mass is 281 g/mol. The molecule has 5 nitrogen and oxygen atoms in total. The Morgan fingerprint density at radius 2 is 2.10 bits per heavy atom. The molecule has 1 heterocycles. The zero-order chi connectivity index (χ0) is 15.2. The Balaban J connectivity index is 1.99. The molecule has 0 amide bonds. The van der Waals surface area contributed by atoms with Crippen molar-refractivity contribution < 1.29 is 9.53 Å². The first-order valence-corrected chi connectivity index (χ1v) is 6.54. The second-order valence-corrected chi connectivity index (χ2v) is 4.70. The van der Waals surface area contributed by atoms with E-state index in [2.05, 4.69) is 9.97 Å². The summed E-state index contributed by atoms with van der Waals surface area (Å²) in [6, 6.07) is 8.95. The summed E-state index contributed by atoms with van der Waals surface area (Å²) in [5.41, 5.74) is 2.97. The van der Waals surface area contributed by atoms with Crippen molar-refractivity contribution in [3.8, 4) is 6.07 Å². The summed E-state index contributed by atoms with van der Waals surface area (Å²) in [4.78, 5) is 20.0. The number of ether oxygens (including phenoxy) is 1. The van der Waals surface area contributed by atoms with E-state index in [-0.39, 0.29) is 18.5 Å². The number of nitrogens with zero attached hydrogens (tertiary/aromatic N) is 3.